The van der Waals surface area contributed by atoms with Gasteiger partial charge in [-0.1, -0.05) is 48.5 Å². The molecule has 178 valence electrons. The highest BCUT2D eigenvalue weighted by Gasteiger charge is 2.46. The van der Waals surface area contributed by atoms with Crippen LogP contribution in [0.4, 0.5) is 4.79 Å². The Morgan fingerprint density at radius 3 is 2.09 bits per heavy atom. The number of piperidine rings is 1. The molecule has 2 unspecified atom stereocenters. The van der Waals surface area contributed by atoms with Gasteiger partial charge in [-0.2, -0.15) is 0 Å². The van der Waals surface area contributed by atoms with Crippen LogP contribution in [0.5, 0.6) is 0 Å². The molecule has 2 saturated heterocycles. The summed E-state index contributed by atoms with van der Waals surface area (Å²) in [4.78, 5) is 33.0. The zero-order valence-electron chi connectivity index (χ0n) is 20.2. The van der Waals surface area contributed by atoms with Gasteiger partial charge < -0.3 is 9.64 Å². The Balaban J connectivity index is 1.15. The Hall–Kier alpha value is -3.47. The van der Waals surface area contributed by atoms with E-state index in [1.807, 2.05) is 43.0 Å². The van der Waals surface area contributed by atoms with E-state index in [0.717, 1.165) is 29.8 Å². The van der Waals surface area contributed by atoms with E-state index in [0.29, 0.717) is 19.4 Å². The number of amides is 1. The first kappa shape index (κ1) is 22.0. The fourth-order valence-corrected chi connectivity index (χ4v) is 6.52. The van der Waals surface area contributed by atoms with Crippen molar-refractivity contribution in [3.8, 4) is 11.1 Å². The van der Waals surface area contributed by atoms with E-state index in [1.54, 1.807) is 0 Å². The first-order chi connectivity index (χ1) is 17.0. The molecule has 1 aromatic heterocycles. The lowest BCUT2D eigenvalue weighted by atomic mass is 9.84. The summed E-state index contributed by atoms with van der Waals surface area (Å²) in [5, 5.41) is 0. The van der Waals surface area contributed by atoms with Gasteiger partial charge in [0.15, 0.2) is 5.78 Å². The third-order valence-corrected chi connectivity index (χ3v) is 8.14. The maximum absolute atomic E-state index is 13.3. The van der Waals surface area contributed by atoms with Gasteiger partial charge in [0.1, 0.15) is 6.61 Å². The summed E-state index contributed by atoms with van der Waals surface area (Å²) in [6.45, 7) is 4.17. The molecule has 0 saturated carbocycles. The molecule has 2 fully saturated rings. The molecular weight excluding hydrogens is 436 g/mol. The zero-order chi connectivity index (χ0) is 24.1. The number of benzene rings is 2. The number of hydrogen-bond acceptors (Lipinski definition) is 4. The number of hydrogen-bond donors (Lipinski definition) is 0. The Bertz CT molecular complexity index is 1260. The summed E-state index contributed by atoms with van der Waals surface area (Å²) in [5.74, 6) is 0.160. The highest BCUT2D eigenvalue weighted by molar-refractivity contribution is 5.99. The standard InChI is InChI=1S/C30H30N2O3/c1-18-11-14-23(19(2)31-18)29(33)20-15-21-12-13-22(16-20)32(21)30(34)35-17-28-26-9-5-3-7-24(26)25-8-4-6-10-27(25)28/h3-11,14,20-22,28H,12-13,15-17H2,1-2H3. The minimum absolute atomic E-state index is 0.0557. The molecule has 6 rings (SSSR count). The van der Waals surface area contributed by atoms with Crippen LogP contribution in [0.2, 0.25) is 0 Å². The van der Waals surface area contributed by atoms with Crippen molar-refractivity contribution in [1.82, 2.24) is 9.88 Å². The zero-order valence-corrected chi connectivity index (χ0v) is 20.2. The average Bonchev–Trinajstić information content (AvgIpc) is 3.33. The van der Waals surface area contributed by atoms with Gasteiger partial charge in [-0.05, 0) is 73.9 Å². The van der Waals surface area contributed by atoms with E-state index in [9.17, 15) is 9.59 Å². The van der Waals surface area contributed by atoms with Gasteiger partial charge in [0.05, 0.1) is 0 Å². The van der Waals surface area contributed by atoms with Gasteiger partial charge in [0.2, 0.25) is 0 Å². The maximum atomic E-state index is 13.3. The first-order valence-corrected chi connectivity index (χ1v) is 12.6. The summed E-state index contributed by atoms with van der Waals surface area (Å²) < 4.78 is 5.96. The van der Waals surface area contributed by atoms with Crippen LogP contribution in [0, 0.1) is 19.8 Å². The van der Waals surface area contributed by atoms with Crippen LogP contribution in [-0.2, 0) is 4.74 Å². The lowest BCUT2D eigenvalue weighted by Gasteiger charge is -2.38. The number of ether oxygens (including phenoxy) is 1. The molecule has 3 aromatic rings. The Morgan fingerprint density at radius 1 is 0.886 bits per heavy atom. The number of aromatic nitrogens is 1. The van der Waals surface area contributed by atoms with Crippen molar-refractivity contribution in [3.05, 3.63) is 88.7 Å². The number of ketones is 1. The topological polar surface area (TPSA) is 59.5 Å². The highest BCUT2D eigenvalue weighted by Crippen LogP contribution is 2.45. The molecule has 1 aliphatic carbocycles. The summed E-state index contributed by atoms with van der Waals surface area (Å²) in [6, 6.07) is 20.7. The number of Topliss-reactive ketones (excluding diaryl/α,β-unsaturated/α-hetero) is 1. The molecule has 3 aliphatic rings. The molecule has 0 spiro atoms. The average molecular weight is 467 g/mol. The molecule has 35 heavy (non-hydrogen) atoms. The molecule has 2 aliphatic heterocycles. The summed E-state index contributed by atoms with van der Waals surface area (Å²) in [7, 11) is 0. The fourth-order valence-electron chi connectivity index (χ4n) is 6.52. The SMILES string of the molecule is Cc1ccc(C(=O)C2CC3CCC(C2)N3C(=O)OCC2c3ccccc3-c3ccccc32)c(C)n1. The molecule has 3 heterocycles. The van der Waals surface area contributed by atoms with Crippen molar-refractivity contribution >= 4 is 11.9 Å². The second kappa shape index (κ2) is 8.63. The fraction of sp³-hybridized carbons (Fsp3) is 0.367. The van der Waals surface area contributed by atoms with E-state index < -0.39 is 0 Å². The molecule has 2 atom stereocenters. The van der Waals surface area contributed by atoms with E-state index in [2.05, 4.69) is 41.4 Å². The smallest absolute Gasteiger partial charge is 0.410 e. The van der Waals surface area contributed by atoms with Crippen molar-refractivity contribution in [1.29, 1.82) is 0 Å². The second-order valence-corrected chi connectivity index (χ2v) is 10.2. The highest BCUT2D eigenvalue weighted by atomic mass is 16.6. The van der Waals surface area contributed by atoms with Crippen LogP contribution in [0.3, 0.4) is 0 Å². The number of pyridine rings is 1. The molecule has 2 aromatic carbocycles. The van der Waals surface area contributed by atoms with Crippen LogP contribution in [0.15, 0.2) is 60.7 Å². The maximum Gasteiger partial charge on any atom is 0.410 e. The summed E-state index contributed by atoms with van der Waals surface area (Å²) in [5.41, 5.74) is 7.32. The molecule has 0 radical (unpaired) electrons. The van der Waals surface area contributed by atoms with Gasteiger partial charge in [0.25, 0.3) is 0 Å². The minimum Gasteiger partial charge on any atom is -0.448 e. The Morgan fingerprint density at radius 2 is 1.49 bits per heavy atom. The molecule has 1 amide bonds. The number of nitrogens with zero attached hydrogens (tertiary/aromatic N) is 2. The van der Waals surface area contributed by atoms with Crippen LogP contribution in [0.25, 0.3) is 11.1 Å². The third-order valence-electron chi connectivity index (χ3n) is 8.14. The predicted octanol–water partition coefficient (Wildman–Crippen LogP) is 6.07. The molecule has 5 heteroatoms. The lowest BCUT2D eigenvalue weighted by molar-refractivity contribution is 0.0505. The van der Waals surface area contributed by atoms with E-state index in [4.69, 9.17) is 4.74 Å². The van der Waals surface area contributed by atoms with Gasteiger partial charge in [-0.25, -0.2) is 4.79 Å². The van der Waals surface area contributed by atoms with Crippen molar-refractivity contribution in [2.24, 2.45) is 5.92 Å². The van der Waals surface area contributed by atoms with Crippen LogP contribution < -0.4 is 0 Å². The molecular formula is C30H30N2O3. The second-order valence-electron chi connectivity index (χ2n) is 10.2. The van der Waals surface area contributed by atoms with Crippen LogP contribution in [-0.4, -0.2) is 40.5 Å². The van der Waals surface area contributed by atoms with Gasteiger partial charge in [-0.15, -0.1) is 0 Å². The largest absolute Gasteiger partial charge is 0.448 e. The van der Waals surface area contributed by atoms with Gasteiger partial charge in [0, 0.05) is 40.9 Å². The minimum atomic E-state index is -0.238. The quantitative estimate of drug-likeness (QED) is 0.438. The van der Waals surface area contributed by atoms with Crippen molar-refractivity contribution in [2.45, 2.75) is 57.5 Å². The van der Waals surface area contributed by atoms with Crippen molar-refractivity contribution in [3.63, 3.8) is 0 Å². The number of carbonyl (C=O) groups is 2. The summed E-state index contributed by atoms with van der Waals surface area (Å²) >= 11 is 0. The lowest BCUT2D eigenvalue weighted by Crippen LogP contribution is -2.48. The summed E-state index contributed by atoms with van der Waals surface area (Å²) in [6.07, 6.45) is 3.03. The Kier molecular flexibility index (Phi) is 5.43. The number of aryl methyl sites for hydroxylation is 2. The van der Waals surface area contributed by atoms with E-state index in [1.165, 1.54) is 22.3 Å². The first-order valence-electron chi connectivity index (χ1n) is 12.6. The number of rotatable bonds is 4. The van der Waals surface area contributed by atoms with E-state index in [-0.39, 0.29) is 35.8 Å². The third kappa shape index (κ3) is 3.74. The number of carbonyl (C=O) groups excluding carboxylic acids is 2. The van der Waals surface area contributed by atoms with E-state index >= 15 is 0 Å². The predicted molar refractivity (Wildman–Crippen MR) is 134 cm³/mol. The Labute approximate surface area is 206 Å². The van der Waals surface area contributed by atoms with Crippen LogP contribution >= 0.6 is 0 Å². The molecule has 5 nitrogen and oxygen atoms in total. The van der Waals surface area contributed by atoms with Crippen molar-refractivity contribution < 1.29 is 14.3 Å². The van der Waals surface area contributed by atoms with Crippen molar-refractivity contribution in [2.75, 3.05) is 6.61 Å². The van der Waals surface area contributed by atoms with Gasteiger partial charge >= 0.3 is 6.09 Å². The molecule has 0 N–H and O–H groups in total. The molecule has 2 bridgehead atoms. The number of fused-ring (bicyclic) bond motifs is 5. The monoisotopic (exact) mass is 466 g/mol. The normalized spacial score (nSPS) is 22.6. The van der Waals surface area contributed by atoms with Crippen LogP contribution in [0.1, 0.15) is 64.5 Å². The van der Waals surface area contributed by atoms with Gasteiger partial charge in [-0.3, -0.25) is 9.78 Å².